The first-order valence-electron chi connectivity index (χ1n) is 5.68. The minimum atomic E-state index is 0.261. The van der Waals surface area contributed by atoms with Crippen molar-refractivity contribution in [3.05, 3.63) is 29.8 Å². The van der Waals surface area contributed by atoms with Crippen LogP contribution in [0.25, 0.3) is 0 Å². The van der Waals surface area contributed by atoms with Crippen LogP contribution in [0, 0.1) is 0 Å². The average Bonchev–Trinajstić information content (AvgIpc) is 2.18. The summed E-state index contributed by atoms with van der Waals surface area (Å²) in [5.74, 6) is 0.870. The van der Waals surface area contributed by atoms with Gasteiger partial charge in [-0.05, 0) is 49.8 Å². The van der Waals surface area contributed by atoms with Crippen molar-refractivity contribution >= 4 is 0 Å². The lowest BCUT2D eigenvalue weighted by Gasteiger charge is -2.16. The number of hydrogen-bond donors (Lipinski definition) is 2. The first-order valence-corrected chi connectivity index (χ1v) is 5.68. The number of nitrogens with two attached hydrogens (primary N) is 1. The summed E-state index contributed by atoms with van der Waals surface area (Å²) in [6.07, 6.45) is 3.22. The minimum absolute atomic E-state index is 0.261. The summed E-state index contributed by atoms with van der Waals surface area (Å²) >= 11 is 0. The Morgan fingerprint density at radius 3 is 2.60 bits per heavy atom. The third-order valence-electron chi connectivity index (χ3n) is 2.80. The fourth-order valence-electron chi connectivity index (χ4n) is 1.85. The summed E-state index contributed by atoms with van der Waals surface area (Å²) < 4.78 is 0. The van der Waals surface area contributed by atoms with E-state index in [1.807, 2.05) is 19.1 Å². The Kier molecular flexibility index (Phi) is 4.63. The molecule has 1 aromatic carbocycles. The van der Waals surface area contributed by atoms with Crippen molar-refractivity contribution in [1.29, 1.82) is 0 Å². The van der Waals surface area contributed by atoms with Crippen LogP contribution in [0.1, 0.15) is 44.6 Å². The molecule has 0 aliphatic carbocycles. The Bertz CT molecular complexity index is 296. The van der Waals surface area contributed by atoms with Gasteiger partial charge in [-0.25, -0.2) is 0 Å². The molecule has 3 N–H and O–H groups in total. The van der Waals surface area contributed by atoms with Gasteiger partial charge in [0.2, 0.25) is 0 Å². The van der Waals surface area contributed by atoms with Crippen LogP contribution in [0.15, 0.2) is 24.3 Å². The van der Waals surface area contributed by atoms with Gasteiger partial charge in [0.05, 0.1) is 0 Å². The van der Waals surface area contributed by atoms with Crippen LogP contribution >= 0.6 is 0 Å². The lowest BCUT2D eigenvalue weighted by Crippen LogP contribution is -2.15. The summed E-state index contributed by atoms with van der Waals surface area (Å²) in [6.45, 7) is 4.21. The molecule has 2 heteroatoms. The van der Waals surface area contributed by atoms with Crippen molar-refractivity contribution < 1.29 is 5.11 Å². The molecule has 0 amide bonds. The summed E-state index contributed by atoms with van der Waals surface area (Å²) in [4.78, 5) is 0. The zero-order chi connectivity index (χ0) is 11.3. The first-order chi connectivity index (χ1) is 7.13. The quantitative estimate of drug-likeness (QED) is 0.779. The molecule has 1 rings (SSSR count). The van der Waals surface area contributed by atoms with Gasteiger partial charge in [-0.1, -0.05) is 19.1 Å². The molecule has 0 spiro atoms. The third-order valence-corrected chi connectivity index (χ3v) is 2.80. The fourth-order valence-corrected chi connectivity index (χ4v) is 1.85. The minimum Gasteiger partial charge on any atom is -0.508 e. The van der Waals surface area contributed by atoms with E-state index in [4.69, 9.17) is 5.73 Å². The van der Waals surface area contributed by atoms with E-state index >= 15 is 0 Å². The molecule has 0 aliphatic rings. The SMILES string of the molecule is CCC(CCC(C)N)c1cccc(O)c1. The summed E-state index contributed by atoms with van der Waals surface area (Å²) in [5, 5.41) is 9.41. The summed E-state index contributed by atoms with van der Waals surface area (Å²) in [5.41, 5.74) is 6.97. The molecule has 0 saturated carbocycles. The highest BCUT2D eigenvalue weighted by Gasteiger charge is 2.10. The van der Waals surface area contributed by atoms with Crippen molar-refractivity contribution in [3.63, 3.8) is 0 Å². The van der Waals surface area contributed by atoms with Gasteiger partial charge >= 0.3 is 0 Å². The maximum absolute atomic E-state index is 9.41. The van der Waals surface area contributed by atoms with Crippen molar-refractivity contribution in [2.45, 2.75) is 45.1 Å². The summed E-state index contributed by atoms with van der Waals surface area (Å²) in [6, 6.07) is 7.81. The third kappa shape index (κ3) is 3.92. The van der Waals surface area contributed by atoms with Crippen LogP contribution in [0.2, 0.25) is 0 Å². The van der Waals surface area contributed by atoms with E-state index in [2.05, 4.69) is 13.0 Å². The Morgan fingerprint density at radius 2 is 2.07 bits per heavy atom. The normalized spacial score (nSPS) is 14.9. The Hall–Kier alpha value is -1.02. The average molecular weight is 207 g/mol. The molecule has 15 heavy (non-hydrogen) atoms. The molecule has 0 aromatic heterocycles. The van der Waals surface area contributed by atoms with E-state index < -0.39 is 0 Å². The Morgan fingerprint density at radius 1 is 1.33 bits per heavy atom. The van der Waals surface area contributed by atoms with Gasteiger partial charge in [-0.2, -0.15) is 0 Å². The number of benzene rings is 1. The highest BCUT2D eigenvalue weighted by atomic mass is 16.3. The lowest BCUT2D eigenvalue weighted by atomic mass is 9.90. The molecule has 2 atom stereocenters. The van der Waals surface area contributed by atoms with Crippen LogP contribution in [-0.2, 0) is 0 Å². The predicted octanol–water partition coefficient (Wildman–Crippen LogP) is 3.01. The van der Waals surface area contributed by atoms with Crippen molar-refractivity contribution in [2.24, 2.45) is 5.73 Å². The number of aromatic hydroxyl groups is 1. The van der Waals surface area contributed by atoms with E-state index in [9.17, 15) is 5.11 Å². The van der Waals surface area contributed by atoms with Gasteiger partial charge in [0.25, 0.3) is 0 Å². The van der Waals surface area contributed by atoms with Gasteiger partial charge in [0.15, 0.2) is 0 Å². The standard InChI is InChI=1S/C13H21NO/c1-3-11(8-7-10(2)14)12-5-4-6-13(15)9-12/h4-6,9-11,15H,3,7-8,14H2,1-2H3. The second kappa shape index (κ2) is 5.76. The van der Waals surface area contributed by atoms with E-state index in [-0.39, 0.29) is 6.04 Å². The van der Waals surface area contributed by atoms with Crippen LogP contribution in [-0.4, -0.2) is 11.1 Å². The van der Waals surface area contributed by atoms with Gasteiger partial charge in [0, 0.05) is 6.04 Å². The van der Waals surface area contributed by atoms with Gasteiger partial charge in [-0.15, -0.1) is 0 Å². The van der Waals surface area contributed by atoms with Gasteiger partial charge in [-0.3, -0.25) is 0 Å². The maximum Gasteiger partial charge on any atom is 0.115 e. The largest absolute Gasteiger partial charge is 0.508 e. The highest BCUT2D eigenvalue weighted by Crippen LogP contribution is 2.27. The highest BCUT2D eigenvalue weighted by molar-refractivity contribution is 5.29. The van der Waals surface area contributed by atoms with Crippen LogP contribution in [0.3, 0.4) is 0 Å². The second-order valence-corrected chi connectivity index (χ2v) is 4.25. The Balaban J connectivity index is 2.65. The first kappa shape index (κ1) is 12.1. The monoisotopic (exact) mass is 207 g/mol. The zero-order valence-electron chi connectivity index (χ0n) is 9.61. The lowest BCUT2D eigenvalue weighted by molar-refractivity contribution is 0.471. The van der Waals surface area contributed by atoms with Crippen molar-refractivity contribution in [2.75, 3.05) is 0 Å². The molecule has 0 aliphatic heterocycles. The number of phenols is 1. The number of hydrogen-bond acceptors (Lipinski definition) is 2. The second-order valence-electron chi connectivity index (χ2n) is 4.25. The van der Waals surface area contributed by atoms with Crippen LogP contribution in [0.4, 0.5) is 0 Å². The summed E-state index contributed by atoms with van der Waals surface area (Å²) in [7, 11) is 0. The van der Waals surface area contributed by atoms with E-state index in [1.54, 1.807) is 6.07 Å². The van der Waals surface area contributed by atoms with Crippen LogP contribution < -0.4 is 5.73 Å². The van der Waals surface area contributed by atoms with E-state index in [0.717, 1.165) is 19.3 Å². The molecule has 0 radical (unpaired) electrons. The Labute approximate surface area is 92.1 Å². The molecule has 0 fully saturated rings. The smallest absolute Gasteiger partial charge is 0.115 e. The molecule has 0 saturated heterocycles. The number of rotatable bonds is 5. The van der Waals surface area contributed by atoms with Crippen molar-refractivity contribution in [1.82, 2.24) is 0 Å². The molecule has 2 unspecified atom stereocenters. The molecule has 2 nitrogen and oxygen atoms in total. The number of phenolic OH excluding ortho intramolecular Hbond substituents is 1. The molecular formula is C13H21NO. The molecule has 0 bridgehead atoms. The van der Waals surface area contributed by atoms with Gasteiger partial charge < -0.3 is 10.8 Å². The predicted molar refractivity (Wildman–Crippen MR) is 64.0 cm³/mol. The molecule has 84 valence electrons. The van der Waals surface area contributed by atoms with E-state index in [0.29, 0.717) is 11.7 Å². The molecular weight excluding hydrogens is 186 g/mol. The zero-order valence-corrected chi connectivity index (χ0v) is 9.61. The van der Waals surface area contributed by atoms with Crippen molar-refractivity contribution in [3.8, 4) is 5.75 Å². The van der Waals surface area contributed by atoms with Crippen LogP contribution in [0.5, 0.6) is 5.75 Å². The van der Waals surface area contributed by atoms with E-state index in [1.165, 1.54) is 5.56 Å². The van der Waals surface area contributed by atoms with Gasteiger partial charge in [0.1, 0.15) is 5.75 Å². The maximum atomic E-state index is 9.41. The fraction of sp³-hybridized carbons (Fsp3) is 0.538. The molecule has 0 heterocycles. The topological polar surface area (TPSA) is 46.2 Å². The molecule has 1 aromatic rings.